The molecule has 0 radical (unpaired) electrons. The summed E-state index contributed by atoms with van der Waals surface area (Å²) in [7, 11) is 0. The molecule has 16 heavy (non-hydrogen) atoms. The number of rotatable bonds is 2. The number of Topliss-reactive ketones (excluding diaryl/α,β-unsaturated/α-hetero) is 1. The minimum Gasteiger partial charge on any atom is -0.293 e. The van der Waals surface area contributed by atoms with Crippen molar-refractivity contribution in [3.63, 3.8) is 0 Å². The Balaban J connectivity index is 2.66. The van der Waals surface area contributed by atoms with Crippen LogP contribution in [0.15, 0.2) is 0 Å². The van der Waals surface area contributed by atoms with Crippen LogP contribution in [-0.4, -0.2) is 15.6 Å². The maximum Gasteiger partial charge on any atom is 0.277 e. The Hall–Kier alpha value is -1.26. The van der Waals surface area contributed by atoms with Gasteiger partial charge in [0.2, 0.25) is 0 Å². The summed E-state index contributed by atoms with van der Waals surface area (Å²) in [5, 5.41) is 4.01. The number of carbonyl (C=O) groups excluding carboxylic acids is 1. The molecule has 0 saturated heterocycles. The van der Waals surface area contributed by atoms with E-state index in [0.29, 0.717) is 12.1 Å². The lowest BCUT2D eigenvalue weighted by Gasteiger charge is -2.08. The summed E-state index contributed by atoms with van der Waals surface area (Å²) in [6, 6.07) is -0.00394. The fourth-order valence-electron chi connectivity index (χ4n) is 2.17. The Morgan fingerprint density at radius 2 is 2.12 bits per heavy atom. The van der Waals surface area contributed by atoms with Crippen molar-refractivity contribution in [2.24, 2.45) is 0 Å². The summed E-state index contributed by atoms with van der Waals surface area (Å²) in [5.41, 5.74) is 0.310. The highest BCUT2D eigenvalue weighted by Gasteiger charge is 2.45. The van der Waals surface area contributed by atoms with Crippen LogP contribution in [0.3, 0.4) is 0 Å². The number of alkyl halides is 2. The van der Waals surface area contributed by atoms with Gasteiger partial charge in [-0.15, -0.1) is 0 Å². The molecule has 0 saturated carbocycles. The summed E-state index contributed by atoms with van der Waals surface area (Å²) in [4.78, 5) is 11.3. The third-order valence-corrected chi connectivity index (χ3v) is 2.87. The van der Waals surface area contributed by atoms with E-state index < -0.39 is 11.7 Å². The predicted octanol–water partition coefficient (Wildman–Crippen LogP) is 2.70. The number of fused-ring (bicyclic) bond motifs is 1. The standard InChI is InChI=1S/C11H14F2N2O/c1-6(2)15-8-4-5-11(12,13)9(8)10(14-15)7(3)16/h6H,4-5H2,1-3H3. The van der Waals surface area contributed by atoms with Crippen LogP contribution in [0, 0.1) is 0 Å². The number of ketones is 1. The first kappa shape index (κ1) is 11.2. The van der Waals surface area contributed by atoms with E-state index in [-0.39, 0.29) is 23.7 Å². The second-order valence-corrected chi connectivity index (χ2v) is 4.47. The Labute approximate surface area is 92.4 Å². The van der Waals surface area contributed by atoms with Crippen LogP contribution in [0.4, 0.5) is 8.78 Å². The highest BCUT2D eigenvalue weighted by atomic mass is 19.3. The molecule has 3 nitrogen and oxygen atoms in total. The highest BCUT2D eigenvalue weighted by molar-refractivity contribution is 5.94. The molecule has 0 spiro atoms. The summed E-state index contributed by atoms with van der Waals surface area (Å²) in [6.45, 7) is 5.02. The van der Waals surface area contributed by atoms with Gasteiger partial charge < -0.3 is 0 Å². The molecule has 0 bridgehead atoms. The van der Waals surface area contributed by atoms with E-state index in [1.54, 1.807) is 4.68 Å². The van der Waals surface area contributed by atoms with Gasteiger partial charge in [-0.25, -0.2) is 8.78 Å². The molecule has 0 unspecified atom stereocenters. The van der Waals surface area contributed by atoms with Gasteiger partial charge in [0.25, 0.3) is 5.92 Å². The van der Waals surface area contributed by atoms with Crippen LogP contribution < -0.4 is 0 Å². The molecule has 5 heteroatoms. The van der Waals surface area contributed by atoms with E-state index in [1.807, 2.05) is 13.8 Å². The maximum absolute atomic E-state index is 13.6. The van der Waals surface area contributed by atoms with Crippen LogP contribution in [0.25, 0.3) is 0 Å². The second kappa shape index (κ2) is 3.37. The molecule has 2 rings (SSSR count). The molecule has 1 heterocycles. The molecule has 0 aromatic carbocycles. The SMILES string of the molecule is CC(=O)c1nn(C(C)C)c2c1C(F)(F)CC2. The Bertz CT molecular complexity index is 449. The van der Waals surface area contributed by atoms with Gasteiger partial charge in [0.15, 0.2) is 5.78 Å². The number of halogens is 2. The van der Waals surface area contributed by atoms with Crippen LogP contribution in [0.5, 0.6) is 0 Å². The average Bonchev–Trinajstić information content (AvgIpc) is 2.65. The van der Waals surface area contributed by atoms with E-state index in [0.717, 1.165) is 0 Å². The van der Waals surface area contributed by atoms with Crippen molar-refractivity contribution >= 4 is 5.78 Å². The molecular weight excluding hydrogens is 214 g/mol. The Morgan fingerprint density at radius 1 is 1.50 bits per heavy atom. The molecule has 0 atom stereocenters. The van der Waals surface area contributed by atoms with Gasteiger partial charge in [0.05, 0.1) is 5.56 Å². The van der Waals surface area contributed by atoms with Crippen molar-refractivity contribution in [3.05, 3.63) is 17.0 Å². The first-order chi connectivity index (χ1) is 7.34. The summed E-state index contributed by atoms with van der Waals surface area (Å²) in [5.74, 6) is -3.29. The van der Waals surface area contributed by atoms with E-state index in [1.165, 1.54) is 6.92 Å². The normalized spacial score (nSPS) is 17.9. The van der Waals surface area contributed by atoms with Crippen molar-refractivity contribution in [3.8, 4) is 0 Å². The van der Waals surface area contributed by atoms with Gasteiger partial charge in [-0.2, -0.15) is 5.10 Å². The Morgan fingerprint density at radius 3 is 2.62 bits per heavy atom. The summed E-state index contributed by atoms with van der Waals surface area (Å²) in [6.07, 6.45) is 0.0774. The second-order valence-electron chi connectivity index (χ2n) is 4.47. The quantitative estimate of drug-likeness (QED) is 0.729. The first-order valence-electron chi connectivity index (χ1n) is 5.35. The van der Waals surface area contributed by atoms with E-state index in [4.69, 9.17) is 0 Å². The van der Waals surface area contributed by atoms with Crippen LogP contribution in [0.1, 0.15) is 55.0 Å². The molecular formula is C11H14F2N2O. The lowest BCUT2D eigenvalue weighted by atomic mass is 10.1. The number of aromatic nitrogens is 2. The topological polar surface area (TPSA) is 34.9 Å². The summed E-state index contributed by atoms with van der Waals surface area (Å²) < 4.78 is 28.8. The van der Waals surface area contributed by atoms with Crippen molar-refractivity contribution in [2.45, 2.75) is 45.6 Å². The minimum absolute atomic E-state index is 0.00394. The van der Waals surface area contributed by atoms with Gasteiger partial charge in [0.1, 0.15) is 5.69 Å². The zero-order valence-corrected chi connectivity index (χ0v) is 9.55. The highest BCUT2D eigenvalue weighted by Crippen LogP contribution is 2.44. The van der Waals surface area contributed by atoms with Crippen LogP contribution >= 0.6 is 0 Å². The van der Waals surface area contributed by atoms with Crippen LogP contribution in [-0.2, 0) is 12.3 Å². The molecule has 1 aromatic rings. The van der Waals surface area contributed by atoms with E-state index in [9.17, 15) is 13.6 Å². The van der Waals surface area contributed by atoms with Crippen molar-refractivity contribution in [1.29, 1.82) is 0 Å². The number of nitrogens with zero attached hydrogens (tertiary/aromatic N) is 2. The van der Waals surface area contributed by atoms with Gasteiger partial charge in [0, 0.05) is 25.1 Å². The fraction of sp³-hybridized carbons (Fsp3) is 0.636. The molecule has 0 fully saturated rings. The van der Waals surface area contributed by atoms with Crippen LogP contribution in [0.2, 0.25) is 0 Å². The van der Waals surface area contributed by atoms with Crippen molar-refractivity contribution in [2.75, 3.05) is 0 Å². The largest absolute Gasteiger partial charge is 0.293 e. The van der Waals surface area contributed by atoms with E-state index in [2.05, 4.69) is 5.10 Å². The predicted molar refractivity (Wildman–Crippen MR) is 54.8 cm³/mol. The number of carbonyl (C=O) groups is 1. The molecule has 1 aromatic heterocycles. The lowest BCUT2D eigenvalue weighted by Crippen LogP contribution is -2.12. The zero-order valence-electron chi connectivity index (χ0n) is 9.55. The fourth-order valence-corrected chi connectivity index (χ4v) is 2.17. The van der Waals surface area contributed by atoms with Crippen molar-refractivity contribution < 1.29 is 13.6 Å². The van der Waals surface area contributed by atoms with Gasteiger partial charge in [-0.1, -0.05) is 0 Å². The number of hydrogen-bond acceptors (Lipinski definition) is 2. The average molecular weight is 228 g/mol. The van der Waals surface area contributed by atoms with Gasteiger partial charge in [-0.3, -0.25) is 9.48 Å². The van der Waals surface area contributed by atoms with Gasteiger partial charge >= 0.3 is 0 Å². The first-order valence-corrected chi connectivity index (χ1v) is 5.35. The smallest absolute Gasteiger partial charge is 0.277 e. The molecule has 88 valence electrons. The third kappa shape index (κ3) is 1.45. The summed E-state index contributed by atoms with van der Waals surface area (Å²) >= 11 is 0. The molecule has 1 aliphatic rings. The molecule has 0 amide bonds. The Kier molecular flexibility index (Phi) is 2.36. The third-order valence-electron chi connectivity index (χ3n) is 2.87. The van der Waals surface area contributed by atoms with Crippen molar-refractivity contribution in [1.82, 2.24) is 9.78 Å². The maximum atomic E-state index is 13.6. The minimum atomic E-state index is -2.90. The molecule has 1 aliphatic carbocycles. The van der Waals surface area contributed by atoms with Gasteiger partial charge in [-0.05, 0) is 20.3 Å². The lowest BCUT2D eigenvalue weighted by molar-refractivity contribution is -0.00276. The monoisotopic (exact) mass is 228 g/mol. The van der Waals surface area contributed by atoms with E-state index >= 15 is 0 Å². The molecule has 0 N–H and O–H groups in total. The molecule has 0 aliphatic heterocycles. The zero-order chi connectivity index (χ0) is 12.1. The number of hydrogen-bond donors (Lipinski definition) is 0.